The highest BCUT2D eigenvalue weighted by Crippen LogP contribution is 2.21. The van der Waals surface area contributed by atoms with Gasteiger partial charge in [-0.2, -0.15) is 0 Å². The van der Waals surface area contributed by atoms with E-state index >= 15 is 0 Å². The lowest BCUT2D eigenvalue weighted by atomic mass is 10.1. The van der Waals surface area contributed by atoms with E-state index in [1.807, 2.05) is 0 Å². The van der Waals surface area contributed by atoms with E-state index in [0.717, 1.165) is 4.57 Å². The second-order valence-electron chi connectivity index (χ2n) is 7.48. The Kier molecular flexibility index (Phi) is 5.33. The lowest BCUT2D eigenvalue weighted by Crippen LogP contribution is -2.40. The van der Waals surface area contributed by atoms with Crippen LogP contribution in [-0.2, 0) is 22.1 Å². The zero-order valence-corrected chi connectivity index (χ0v) is 19.2. The van der Waals surface area contributed by atoms with E-state index in [1.165, 1.54) is 22.8 Å². The molecule has 168 valence electrons. The molecule has 0 saturated carbocycles. The van der Waals surface area contributed by atoms with Gasteiger partial charge >= 0.3 is 5.69 Å². The molecule has 0 bridgehead atoms. The van der Waals surface area contributed by atoms with Crippen LogP contribution < -0.4 is 11.2 Å². The van der Waals surface area contributed by atoms with Crippen molar-refractivity contribution in [3.63, 3.8) is 0 Å². The highest BCUT2D eigenvalue weighted by atomic mass is 35.7. The summed E-state index contributed by atoms with van der Waals surface area (Å²) in [6.45, 7) is 6.85. The maximum Gasteiger partial charge on any atom is 0.332 e. The smallest absolute Gasteiger partial charge is 0.332 e. The topological polar surface area (TPSA) is 130 Å². The maximum atomic E-state index is 13.5. The van der Waals surface area contributed by atoms with Crippen molar-refractivity contribution in [3.8, 4) is 0 Å². The van der Waals surface area contributed by atoms with Gasteiger partial charge < -0.3 is 9.05 Å². The second kappa shape index (κ2) is 7.75. The number of benzene rings is 1. The lowest BCUT2D eigenvalue weighted by molar-refractivity contribution is 0.391. The molecule has 0 aliphatic heterocycles. The maximum absolute atomic E-state index is 13.5. The number of hydrogen-bond donors (Lipinski definition) is 0. The van der Waals surface area contributed by atoms with Crippen LogP contribution in [-0.4, -0.2) is 27.9 Å². The molecule has 3 heterocycles. The molecule has 3 aromatic heterocycles. The minimum Gasteiger partial charge on any atom is -0.361 e. The molecule has 4 rings (SSSR count). The molecule has 0 spiro atoms. The molecule has 12 heteroatoms. The van der Waals surface area contributed by atoms with E-state index in [-0.39, 0.29) is 28.9 Å². The summed E-state index contributed by atoms with van der Waals surface area (Å²) in [6.07, 6.45) is 0. The summed E-state index contributed by atoms with van der Waals surface area (Å²) in [6, 6.07) is 3.82. The van der Waals surface area contributed by atoms with Crippen molar-refractivity contribution in [1.82, 2.24) is 19.4 Å². The SMILES string of the molecule is Cc1noc(C)c1Cn1c(=O)c2cc(S(=O)(=O)Cl)ccc2n(Cc2c(C)noc2C)c1=O. The van der Waals surface area contributed by atoms with Gasteiger partial charge in [-0.1, -0.05) is 10.3 Å². The van der Waals surface area contributed by atoms with Crippen molar-refractivity contribution >= 4 is 30.6 Å². The van der Waals surface area contributed by atoms with Crippen LogP contribution in [0.3, 0.4) is 0 Å². The van der Waals surface area contributed by atoms with Crippen LogP contribution in [0.5, 0.6) is 0 Å². The summed E-state index contributed by atoms with van der Waals surface area (Å²) >= 11 is 0. The van der Waals surface area contributed by atoms with Crippen LogP contribution in [0.4, 0.5) is 0 Å². The largest absolute Gasteiger partial charge is 0.361 e. The minimum atomic E-state index is -4.09. The molecular formula is C20H19ClN4O6S. The number of rotatable bonds is 5. The molecule has 32 heavy (non-hydrogen) atoms. The molecule has 1 aromatic carbocycles. The van der Waals surface area contributed by atoms with Crippen molar-refractivity contribution in [3.05, 3.63) is 73.1 Å². The van der Waals surface area contributed by atoms with Crippen LogP contribution in [0.2, 0.25) is 0 Å². The van der Waals surface area contributed by atoms with Gasteiger partial charge in [0.25, 0.3) is 14.6 Å². The van der Waals surface area contributed by atoms with Crippen molar-refractivity contribution in [2.45, 2.75) is 45.7 Å². The average molecular weight is 479 g/mol. The standard InChI is InChI=1S/C20H19ClN4O6S/c1-10-16(12(3)30-22-10)8-24-18-6-5-14(32(21,28)29)7-15(18)19(26)25(20(24)27)9-17-11(2)23-31-13(17)4/h5-7H,8-9H2,1-4H3. The predicted octanol–water partition coefficient (Wildman–Crippen LogP) is 2.40. The summed E-state index contributed by atoms with van der Waals surface area (Å²) in [4.78, 5) is 26.5. The van der Waals surface area contributed by atoms with E-state index < -0.39 is 20.3 Å². The first-order chi connectivity index (χ1) is 15.0. The van der Waals surface area contributed by atoms with Gasteiger partial charge in [-0.25, -0.2) is 13.2 Å². The Hall–Kier alpha value is -3.18. The van der Waals surface area contributed by atoms with Gasteiger partial charge in [0, 0.05) is 21.8 Å². The number of aryl methyl sites for hydroxylation is 4. The molecule has 0 atom stereocenters. The third-order valence-electron chi connectivity index (χ3n) is 5.47. The zero-order chi connectivity index (χ0) is 23.4. The summed E-state index contributed by atoms with van der Waals surface area (Å²) < 4.78 is 36.5. The van der Waals surface area contributed by atoms with Crippen molar-refractivity contribution in [2.75, 3.05) is 0 Å². The number of nitrogens with zero attached hydrogens (tertiary/aromatic N) is 4. The first-order valence-electron chi connectivity index (χ1n) is 9.54. The molecule has 0 amide bonds. The fourth-order valence-electron chi connectivity index (χ4n) is 3.62. The van der Waals surface area contributed by atoms with Crippen LogP contribution in [0, 0.1) is 27.7 Å². The van der Waals surface area contributed by atoms with Crippen molar-refractivity contribution < 1.29 is 17.5 Å². The second-order valence-corrected chi connectivity index (χ2v) is 10.0. The molecular weight excluding hydrogens is 460 g/mol. The number of hydrogen-bond acceptors (Lipinski definition) is 8. The Morgan fingerprint density at radius 3 is 1.91 bits per heavy atom. The third kappa shape index (κ3) is 3.67. The van der Waals surface area contributed by atoms with E-state index in [2.05, 4.69) is 10.3 Å². The van der Waals surface area contributed by atoms with E-state index in [0.29, 0.717) is 34.0 Å². The van der Waals surface area contributed by atoms with Gasteiger partial charge in [-0.05, 0) is 45.9 Å². The molecule has 0 radical (unpaired) electrons. The summed E-state index contributed by atoms with van der Waals surface area (Å²) in [5.41, 5.74) is 1.46. The molecule has 0 N–H and O–H groups in total. The highest BCUT2D eigenvalue weighted by molar-refractivity contribution is 8.13. The fourth-order valence-corrected chi connectivity index (χ4v) is 4.40. The molecule has 0 fully saturated rings. The van der Waals surface area contributed by atoms with Crippen LogP contribution in [0.15, 0.2) is 41.7 Å². The predicted molar refractivity (Wildman–Crippen MR) is 116 cm³/mol. The summed E-state index contributed by atoms with van der Waals surface area (Å²) in [5.74, 6) is 1.01. The molecule has 0 aliphatic rings. The summed E-state index contributed by atoms with van der Waals surface area (Å²) in [7, 11) is 1.40. The Morgan fingerprint density at radius 1 is 0.906 bits per heavy atom. The molecule has 10 nitrogen and oxygen atoms in total. The molecule has 0 aliphatic carbocycles. The van der Waals surface area contributed by atoms with E-state index in [4.69, 9.17) is 19.7 Å². The van der Waals surface area contributed by atoms with Gasteiger partial charge in [0.2, 0.25) is 0 Å². The first-order valence-corrected chi connectivity index (χ1v) is 11.9. The normalized spacial score (nSPS) is 12.0. The van der Waals surface area contributed by atoms with Crippen molar-refractivity contribution in [1.29, 1.82) is 0 Å². The Balaban J connectivity index is 2.04. The number of halogens is 1. The van der Waals surface area contributed by atoms with Gasteiger partial charge in [0.15, 0.2) is 0 Å². The van der Waals surface area contributed by atoms with Gasteiger partial charge in [0.1, 0.15) is 11.5 Å². The lowest BCUT2D eigenvalue weighted by Gasteiger charge is -2.14. The van der Waals surface area contributed by atoms with Crippen LogP contribution >= 0.6 is 10.7 Å². The van der Waals surface area contributed by atoms with E-state index in [1.54, 1.807) is 27.7 Å². The zero-order valence-electron chi connectivity index (χ0n) is 17.7. The van der Waals surface area contributed by atoms with Gasteiger partial charge in [-0.3, -0.25) is 13.9 Å². The molecule has 4 aromatic rings. The van der Waals surface area contributed by atoms with Crippen molar-refractivity contribution in [2.24, 2.45) is 0 Å². The number of fused-ring (bicyclic) bond motifs is 1. The molecule has 0 unspecified atom stereocenters. The van der Waals surface area contributed by atoms with E-state index in [9.17, 15) is 18.0 Å². The Morgan fingerprint density at radius 2 is 1.44 bits per heavy atom. The Labute approximate surface area is 186 Å². The Bertz CT molecular complexity index is 1550. The quantitative estimate of drug-likeness (QED) is 0.399. The summed E-state index contributed by atoms with van der Waals surface area (Å²) in [5, 5.41) is 7.82. The van der Waals surface area contributed by atoms with Gasteiger partial charge in [0.05, 0.1) is 40.3 Å². The molecule has 0 saturated heterocycles. The highest BCUT2D eigenvalue weighted by Gasteiger charge is 2.21. The monoisotopic (exact) mass is 478 g/mol. The van der Waals surface area contributed by atoms with Crippen LogP contribution in [0.25, 0.3) is 10.9 Å². The average Bonchev–Trinajstić information content (AvgIpc) is 3.22. The van der Waals surface area contributed by atoms with Crippen LogP contribution in [0.1, 0.15) is 34.0 Å². The number of aromatic nitrogens is 4. The minimum absolute atomic E-state index is 0.0323. The fraction of sp³-hybridized carbons (Fsp3) is 0.300. The first kappa shape index (κ1) is 22.0. The van der Waals surface area contributed by atoms with Gasteiger partial charge in [-0.15, -0.1) is 0 Å². The third-order valence-corrected chi connectivity index (χ3v) is 6.82.